The number of aromatic nitrogens is 4. The van der Waals surface area contributed by atoms with Crippen molar-refractivity contribution in [2.75, 3.05) is 0 Å². The van der Waals surface area contributed by atoms with Crippen molar-refractivity contribution in [1.29, 1.82) is 0 Å². The van der Waals surface area contributed by atoms with E-state index in [-0.39, 0.29) is 0 Å². The molecule has 76 valence electrons. The monoisotopic (exact) mass is 328 g/mol. The van der Waals surface area contributed by atoms with Gasteiger partial charge in [0.25, 0.3) is 0 Å². The molecular weight excluding hydrogens is 324 g/mol. The van der Waals surface area contributed by atoms with E-state index >= 15 is 0 Å². The molecule has 0 N–H and O–H groups in total. The molecular formula is C9H6Br2N4. The molecule has 2 rings (SSSR count). The van der Waals surface area contributed by atoms with Crippen molar-refractivity contribution in [3.05, 3.63) is 33.0 Å². The van der Waals surface area contributed by atoms with Gasteiger partial charge in [0.2, 0.25) is 5.82 Å². The van der Waals surface area contributed by atoms with Crippen LogP contribution in [0.2, 0.25) is 0 Å². The number of aryl methyl sites for hydroxylation is 1. The fourth-order valence-corrected chi connectivity index (χ4v) is 2.28. The van der Waals surface area contributed by atoms with E-state index in [0.29, 0.717) is 11.6 Å². The van der Waals surface area contributed by atoms with Gasteiger partial charge in [-0.15, -0.1) is 20.4 Å². The normalized spacial score (nSPS) is 10.3. The van der Waals surface area contributed by atoms with E-state index in [1.54, 1.807) is 6.92 Å². The highest BCUT2D eigenvalue weighted by Gasteiger charge is 2.07. The maximum Gasteiger partial charge on any atom is 0.204 e. The molecule has 15 heavy (non-hydrogen) atoms. The summed E-state index contributed by atoms with van der Waals surface area (Å²) in [4.78, 5) is 0. The number of hydrogen-bond donors (Lipinski definition) is 0. The summed E-state index contributed by atoms with van der Waals surface area (Å²) in [5, 5.41) is 15.7. The van der Waals surface area contributed by atoms with Gasteiger partial charge in [-0.1, -0.05) is 15.9 Å². The van der Waals surface area contributed by atoms with Crippen LogP contribution in [-0.4, -0.2) is 20.4 Å². The minimum atomic E-state index is 0.514. The molecule has 0 fully saturated rings. The number of halogens is 2. The van der Waals surface area contributed by atoms with E-state index < -0.39 is 0 Å². The number of hydrogen-bond acceptors (Lipinski definition) is 4. The highest BCUT2D eigenvalue weighted by atomic mass is 79.9. The third-order valence-corrected chi connectivity index (χ3v) is 2.90. The van der Waals surface area contributed by atoms with E-state index in [0.717, 1.165) is 14.5 Å². The standard InChI is InChI=1S/C9H6Br2N4/c1-5-12-14-9(15-13-5)7-3-2-6(10)4-8(7)11/h2-4H,1H3. The molecule has 0 bridgehead atoms. The highest BCUT2D eigenvalue weighted by molar-refractivity contribution is 9.11. The molecule has 0 atom stereocenters. The fourth-order valence-electron chi connectivity index (χ4n) is 1.06. The zero-order valence-corrected chi connectivity index (χ0v) is 10.9. The lowest BCUT2D eigenvalue weighted by atomic mass is 10.2. The van der Waals surface area contributed by atoms with Gasteiger partial charge in [0.15, 0.2) is 5.82 Å². The molecule has 0 aliphatic rings. The topological polar surface area (TPSA) is 51.6 Å². The zero-order chi connectivity index (χ0) is 10.8. The smallest absolute Gasteiger partial charge is 0.131 e. The summed E-state index contributed by atoms with van der Waals surface area (Å²) in [6, 6.07) is 5.75. The van der Waals surface area contributed by atoms with Crippen molar-refractivity contribution in [1.82, 2.24) is 20.4 Å². The van der Waals surface area contributed by atoms with Gasteiger partial charge in [-0.2, -0.15) is 0 Å². The van der Waals surface area contributed by atoms with Crippen LogP contribution in [0, 0.1) is 6.92 Å². The van der Waals surface area contributed by atoms with Gasteiger partial charge in [0, 0.05) is 14.5 Å². The molecule has 1 heterocycles. The number of nitrogens with zero attached hydrogens (tertiary/aromatic N) is 4. The molecule has 2 aromatic rings. The lowest BCUT2D eigenvalue weighted by Gasteiger charge is -2.01. The van der Waals surface area contributed by atoms with Crippen molar-refractivity contribution in [3.8, 4) is 11.4 Å². The number of benzene rings is 1. The van der Waals surface area contributed by atoms with Gasteiger partial charge in [0.05, 0.1) is 0 Å². The molecule has 0 aliphatic heterocycles. The van der Waals surface area contributed by atoms with Crippen molar-refractivity contribution in [3.63, 3.8) is 0 Å². The Hall–Kier alpha value is -0.880. The van der Waals surface area contributed by atoms with E-state index in [1.807, 2.05) is 18.2 Å². The first-order valence-electron chi connectivity index (χ1n) is 4.16. The van der Waals surface area contributed by atoms with Crippen LogP contribution in [0.25, 0.3) is 11.4 Å². The summed E-state index contributed by atoms with van der Waals surface area (Å²) in [5.41, 5.74) is 0.873. The lowest BCUT2D eigenvalue weighted by molar-refractivity contribution is 0.815. The maximum absolute atomic E-state index is 3.97. The Morgan fingerprint density at radius 3 is 2.27 bits per heavy atom. The Morgan fingerprint density at radius 1 is 1.00 bits per heavy atom. The summed E-state index contributed by atoms with van der Waals surface area (Å²) in [6.45, 7) is 1.75. The van der Waals surface area contributed by atoms with Gasteiger partial charge in [-0.05, 0) is 41.1 Å². The molecule has 0 radical (unpaired) electrons. The fraction of sp³-hybridized carbons (Fsp3) is 0.111. The minimum Gasteiger partial charge on any atom is -0.131 e. The third-order valence-electron chi connectivity index (χ3n) is 1.75. The van der Waals surface area contributed by atoms with Crippen LogP contribution in [0.4, 0.5) is 0 Å². The van der Waals surface area contributed by atoms with Crippen LogP contribution in [-0.2, 0) is 0 Å². The molecule has 1 aromatic heterocycles. The van der Waals surface area contributed by atoms with Crippen molar-refractivity contribution >= 4 is 31.9 Å². The van der Waals surface area contributed by atoms with E-state index in [4.69, 9.17) is 0 Å². The second-order valence-corrected chi connectivity index (χ2v) is 4.67. The Labute approximate surface area is 103 Å². The van der Waals surface area contributed by atoms with Gasteiger partial charge < -0.3 is 0 Å². The van der Waals surface area contributed by atoms with E-state index in [9.17, 15) is 0 Å². The van der Waals surface area contributed by atoms with Gasteiger partial charge in [-0.25, -0.2) is 0 Å². The second kappa shape index (κ2) is 4.32. The van der Waals surface area contributed by atoms with Crippen LogP contribution >= 0.6 is 31.9 Å². The van der Waals surface area contributed by atoms with Crippen LogP contribution in [0.3, 0.4) is 0 Å². The van der Waals surface area contributed by atoms with Crippen LogP contribution < -0.4 is 0 Å². The molecule has 6 heteroatoms. The summed E-state index contributed by atoms with van der Waals surface area (Å²) >= 11 is 6.82. The predicted octanol–water partition coefficient (Wildman–Crippen LogP) is 2.77. The Morgan fingerprint density at radius 2 is 1.67 bits per heavy atom. The zero-order valence-electron chi connectivity index (χ0n) is 7.78. The van der Waals surface area contributed by atoms with E-state index in [1.165, 1.54) is 0 Å². The van der Waals surface area contributed by atoms with Gasteiger partial charge in [0.1, 0.15) is 0 Å². The first-order valence-corrected chi connectivity index (χ1v) is 5.75. The van der Waals surface area contributed by atoms with Crippen LogP contribution in [0.5, 0.6) is 0 Å². The lowest BCUT2D eigenvalue weighted by Crippen LogP contribution is -1.98. The molecule has 0 amide bonds. The van der Waals surface area contributed by atoms with Crippen LogP contribution in [0.1, 0.15) is 5.82 Å². The molecule has 0 saturated carbocycles. The van der Waals surface area contributed by atoms with Gasteiger partial charge >= 0.3 is 0 Å². The second-order valence-electron chi connectivity index (χ2n) is 2.89. The molecule has 0 unspecified atom stereocenters. The van der Waals surface area contributed by atoms with Gasteiger partial charge in [-0.3, -0.25) is 0 Å². The molecule has 1 aromatic carbocycles. The summed E-state index contributed by atoms with van der Waals surface area (Å²) < 4.78 is 1.90. The summed E-state index contributed by atoms with van der Waals surface area (Å²) in [6.07, 6.45) is 0. The first-order chi connectivity index (χ1) is 7.16. The Balaban J connectivity index is 2.49. The molecule has 0 saturated heterocycles. The molecule has 0 spiro atoms. The summed E-state index contributed by atoms with van der Waals surface area (Å²) in [7, 11) is 0. The Bertz CT molecular complexity index is 484. The van der Waals surface area contributed by atoms with Crippen molar-refractivity contribution < 1.29 is 0 Å². The highest BCUT2D eigenvalue weighted by Crippen LogP contribution is 2.27. The predicted molar refractivity (Wildman–Crippen MR) is 63.2 cm³/mol. The Kier molecular flexibility index (Phi) is 3.06. The van der Waals surface area contributed by atoms with Crippen LogP contribution in [0.15, 0.2) is 27.1 Å². The SMILES string of the molecule is Cc1nnc(-c2ccc(Br)cc2Br)nn1. The largest absolute Gasteiger partial charge is 0.204 e. The number of rotatable bonds is 1. The average molecular weight is 330 g/mol. The van der Waals surface area contributed by atoms with E-state index in [2.05, 4.69) is 52.3 Å². The quantitative estimate of drug-likeness (QED) is 0.807. The summed E-state index contributed by atoms with van der Waals surface area (Å²) in [5.74, 6) is 1.08. The maximum atomic E-state index is 3.97. The van der Waals surface area contributed by atoms with Crippen molar-refractivity contribution in [2.24, 2.45) is 0 Å². The molecule has 4 nitrogen and oxygen atoms in total. The van der Waals surface area contributed by atoms with Crippen molar-refractivity contribution in [2.45, 2.75) is 6.92 Å². The third kappa shape index (κ3) is 2.38. The molecule has 0 aliphatic carbocycles. The first kappa shape index (κ1) is 10.6. The minimum absolute atomic E-state index is 0.514. The average Bonchev–Trinajstić information content (AvgIpc) is 2.20.